The molecule has 0 N–H and O–H groups in total. The Labute approximate surface area is 145 Å². The van der Waals surface area contributed by atoms with Crippen LogP contribution in [0.1, 0.15) is 23.5 Å². The largest absolute Gasteiger partial charge is 0.490 e. The van der Waals surface area contributed by atoms with Gasteiger partial charge in [-0.2, -0.15) is 0 Å². The molecular formula is C18H19N3O2S. The smallest absolute Gasteiger partial charge is 0.234 e. The van der Waals surface area contributed by atoms with Crippen molar-refractivity contribution >= 4 is 17.5 Å². The molecule has 0 bridgehead atoms. The molecule has 6 heteroatoms. The highest BCUT2D eigenvalue weighted by atomic mass is 32.2. The van der Waals surface area contributed by atoms with E-state index in [-0.39, 0.29) is 0 Å². The van der Waals surface area contributed by atoms with Gasteiger partial charge in [-0.05, 0) is 38.1 Å². The zero-order valence-corrected chi connectivity index (χ0v) is 14.6. The molecular weight excluding hydrogens is 322 g/mol. The zero-order chi connectivity index (χ0) is 16.5. The van der Waals surface area contributed by atoms with Crippen molar-refractivity contribution in [2.24, 2.45) is 0 Å². The van der Waals surface area contributed by atoms with Crippen LogP contribution < -0.4 is 9.47 Å². The van der Waals surface area contributed by atoms with Gasteiger partial charge in [-0.1, -0.05) is 0 Å². The van der Waals surface area contributed by atoms with Gasteiger partial charge in [0, 0.05) is 34.7 Å². The molecule has 1 aliphatic rings. The molecule has 0 saturated carbocycles. The number of hydrogen-bond donors (Lipinski definition) is 0. The predicted octanol–water partition coefficient (Wildman–Crippen LogP) is 3.80. The van der Waals surface area contributed by atoms with E-state index >= 15 is 0 Å². The van der Waals surface area contributed by atoms with Crippen LogP contribution in [0.3, 0.4) is 0 Å². The van der Waals surface area contributed by atoms with E-state index in [0.29, 0.717) is 13.2 Å². The minimum atomic E-state index is 0.706. The fraction of sp³-hybridized carbons (Fsp3) is 0.333. The summed E-state index contributed by atoms with van der Waals surface area (Å²) in [6.07, 6.45) is 2.98. The van der Waals surface area contributed by atoms with Gasteiger partial charge in [0.1, 0.15) is 0 Å². The average molecular weight is 341 g/mol. The number of aryl methyl sites for hydroxylation is 2. The maximum atomic E-state index is 5.75. The Kier molecular flexibility index (Phi) is 4.06. The Morgan fingerprint density at radius 3 is 2.79 bits per heavy atom. The van der Waals surface area contributed by atoms with E-state index in [4.69, 9.17) is 9.47 Å². The second kappa shape index (κ2) is 6.36. The molecule has 0 saturated heterocycles. The third-order valence-electron chi connectivity index (χ3n) is 3.92. The lowest BCUT2D eigenvalue weighted by atomic mass is 10.3. The van der Waals surface area contributed by atoms with Crippen LogP contribution in [0.15, 0.2) is 35.4 Å². The highest BCUT2D eigenvalue weighted by Crippen LogP contribution is 2.34. The number of imidazole rings is 1. The van der Waals surface area contributed by atoms with Crippen LogP contribution in [0.5, 0.6) is 11.5 Å². The molecule has 5 nitrogen and oxygen atoms in total. The van der Waals surface area contributed by atoms with Crippen molar-refractivity contribution < 1.29 is 9.47 Å². The summed E-state index contributed by atoms with van der Waals surface area (Å²) >= 11 is 1.74. The first-order chi connectivity index (χ1) is 11.7. The molecule has 0 aliphatic carbocycles. The lowest BCUT2D eigenvalue weighted by molar-refractivity contribution is 0.297. The van der Waals surface area contributed by atoms with Gasteiger partial charge in [-0.15, -0.1) is 11.8 Å². The molecule has 0 fully saturated rings. The molecule has 0 radical (unpaired) electrons. The van der Waals surface area contributed by atoms with Crippen molar-refractivity contribution in [2.75, 3.05) is 13.2 Å². The Morgan fingerprint density at radius 1 is 1.08 bits per heavy atom. The summed E-state index contributed by atoms with van der Waals surface area (Å²) in [6, 6.07) is 8.17. The topological polar surface area (TPSA) is 48.7 Å². The minimum absolute atomic E-state index is 0.706. The number of nitrogens with zero attached hydrogens (tertiary/aromatic N) is 3. The number of benzene rings is 1. The minimum Gasteiger partial charge on any atom is -0.490 e. The fourth-order valence-electron chi connectivity index (χ4n) is 2.78. The lowest BCUT2D eigenvalue weighted by Gasteiger charge is -2.08. The highest BCUT2D eigenvalue weighted by Gasteiger charge is 2.12. The van der Waals surface area contributed by atoms with Gasteiger partial charge in [0.2, 0.25) is 5.78 Å². The normalized spacial score (nSPS) is 13.9. The van der Waals surface area contributed by atoms with Gasteiger partial charge in [0.15, 0.2) is 11.5 Å². The summed E-state index contributed by atoms with van der Waals surface area (Å²) in [5, 5.41) is 0. The number of fused-ring (bicyclic) bond motifs is 2. The average Bonchev–Trinajstić information content (AvgIpc) is 2.82. The number of thioether (sulfide) groups is 1. The van der Waals surface area contributed by atoms with Crippen molar-refractivity contribution in [2.45, 2.75) is 30.9 Å². The van der Waals surface area contributed by atoms with Gasteiger partial charge < -0.3 is 9.47 Å². The van der Waals surface area contributed by atoms with E-state index in [2.05, 4.69) is 41.3 Å². The molecule has 0 atom stereocenters. The zero-order valence-electron chi connectivity index (χ0n) is 13.8. The second-order valence-electron chi connectivity index (χ2n) is 5.89. The van der Waals surface area contributed by atoms with E-state index in [9.17, 15) is 0 Å². The lowest BCUT2D eigenvalue weighted by Crippen LogP contribution is -1.97. The summed E-state index contributed by atoms with van der Waals surface area (Å²) < 4.78 is 13.5. The quantitative estimate of drug-likeness (QED) is 0.678. The third kappa shape index (κ3) is 3.06. The molecule has 2 aromatic heterocycles. The molecule has 24 heavy (non-hydrogen) atoms. The molecule has 1 aliphatic heterocycles. The van der Waals surface area contributed by atoms with E-state index < -0.39 is 0 Å². The van der Waals surface area contributed by atoms with Crippen molar-refractivity contribution in [3.8, 4) is 11.5 Å². The maximum Gasteiger partial charge on any atom is 0.234 e. The van der Waals surface area contributed by atoms with Gasteiger partial charge in [-0.3, -0.25) is 4.40 Å². The summed E-state index contributed by atoms with van der Waals surface area (Å²) in [5.41, 5.74) is 3.16. The van der Waals surface area contributed by atoms with Gasteiger partial charge in [0.05, 0.1) is 18.9 Å². The van der Waals surface area contributed by atoms with Crippen LogP contribution in [-0.4, -0.2) is 27.6 Å². The summed E-state index contributed by atoms with van der Waals surface area (Å²) in [4.78, 5) is 10.3. The third-order valence-corrected chi connectivity index (χ3v) is 4.94. The summed E-state index contributed by atoms with van der Waals surface area (Å²) in [6.45, 7) is 5.49. The maximum absolute atomic E-state index is 5.75. The number of aromatic nitrogens is 3. The van der Waals surface area contributed by atoms with Crippen LogP contribution in [0.25, 0.3) is 5.78 Å². The van der Waals surface area contributed by atoms with Crippen molar-refractivity contribution in [3.63, 3.8) is 0 Å². The van der Waals surface area contributed by atoms with Gasteiger partial charge >= 0.3 is 0 Å². The van der Waals surface area contributed by atoms with Crippen molar-refractivity contribution in [1.82, 2.24) is 14.4 Å². The van der Waals surface area contributed by atoms with Crippen LogP contribution in [0.4, 0.5) is 0 Å². The van der Waals surface area contributed by atoms with Crippen LogP contribution in [0, 0.1) is 13.8 Å². The monoisotopic (exact) mass is 341 g/mol. The second-order valence-corrected chi connectivity index (χ2v) is 6.94. The van der Waals surface area contributed by atoms with Crippen LogP contribution in [0.2, 0.25) is 0 Å². The Bertz CT molecular complexity index is 891. The number of hydrogen-bond acceptors (Lipinski definition) is 5. The van der Waals surface area contributed by atoms with E-state index in [1.54, 1.807) is 11.8 Å². The van der Waals surface area contributed by atoms with Gasteiger partial charge in [0.25, 0.3) is 0 Å². The fourth-order valence-corrected chi connectivity index (χ4v) is 3.59. The van der Waals surface area contributed by atoms with Crippen LogP contribution in [-0.2, 0) is 5.75 Å². The summed E-state index contributed by atoms with van der Waals surface area (Å²) in [7, 11) is 0. The van der Waals surface area contributed by atoms with Gasteiger partial charge in [-0.25, -0.2) is 9.97 Å². The molecule has 0 spiro atoms. The van der Waals surface area contributed by atoms with E-state index in [1.165, 1.54) is 0 Å². The molecule has 1 aromatic carbocycles. The first kappa shape index (κ1) is 15.3. The first-order valence-electron chi connectivity index (χ1n) is 8.04. The van der Waals surface area contributed by atoms with Crippen molar-refractivity contribution in [1.29, 1.82) is 0 Å². The Morgan fingerprint density at radius 2 is 1.92 bits per heavy atom. The van der Waals surface area contributed by atoms with E-state index in [0.717, 1.165) is 51.4 Å². The molecule has 4 rings (SSSR count). The van der Waals surface area contributed by atoms with Crippen LogP contribution >= 0.6 is 11.8 Å². The SMILES string of the molecule is Cc1cc(C)n2cc(CSc3ccc4c(c3)OCCCO4)nc2n1. The molecule has 3 heterocycles. The Balaban J connectivity index is 1.52. The number of ether oxygens (including phenoxy) is 2. The molecule has 3 aromatic rings. The molecule has 124 valence electrons. The molecule has 0 amide bonds. The van der Waals surface area contributed by atoms with Crippen molar-refractivity contribution in [3.05, 3.63) is 47.5 Å². The number of rotatable bonds is 3. The standard InChI is InChI=1S/C18H19N3O2S/c1-12-8-13(2)21-10-14(20-18(21)19-12)11-24-15-4-5-16-17(9-15)23-7-3-6-22-16/h4-5,8-10H,3,6-7,11H2,1-2H3. The first-order valence-corrected chi connectivity index (χ1v) is 9.02. The highest BCUT2D eigenvalue weighted by molar-refractivity contribution is 7.98. The Hall–Kier alpha value is -2.21. The predicted molar refractivity (Wildman–Crippen MR) is 94.1 cm³/mol. The summed E-state index contributed by atoms with van der Waals surface area (Å²) in [5.74, 6) is 3.23. The molecule has 0 unspecified atom stereocenters. The van der Waals surface area contributed by atoms with E-state index in [1.807, 2.05) is 17.4 Å².